The molecule has 0 heterocycles. The maximum atomic E-state index is 12.0. The fraction of sp³-hybridized carbons (Fsp3) is 0.133. The number of nitrogens with zero attached hydrogens (tertiary/aromatic N) is 1. The number of primary amides is 1. The van der Waals surface area contributed by atoms with Crippen LogP contribution >= 0.6 is 0 Å². The summed E-state index contributed by atoms with van der Waals surface area (Å²) in [5.74, 6) is 0.273. The Kier molecular flexibility index (Phi) is 5.27. The summed E-state index contributed by atoms with van der Waals surface area (Å²) in [4.78, 5) is 13.1. The van der Waals surface area contributed by atoms with Gasteiger partial charge in [-0.2, -0.15) is 13.6 Å². The molecule has 0 fully saturated rings. The third-order valence-corrected chi connectivity index (χ3v) is 3.35. The highest BCUT2D eigenvalue weighted by molar-refractivity contribution is 7.84. The second-order valence-corrected chi connectivity index (χ2v) is 5.77. The SMILES string of the molecule is CCOc1ccccc1N(C(N)=O)c1ccccc1OS(N)(=O)=O. The molecule has 24 heavy (non-hydrogen) atoms. The maximum absolute atomic E-state index is 12.0. The molecule has 0 aliphatic carbocycles. The minimum Gasteiger partial charge on any atom is -0.492 e. The molecule has 0 bridgehead atoms. The van der Waals surface area contributed by atoms with E-state index in [9.17, 15) is 13.2 Å². The molecular weight excluding hydrogens is 334 g/mol. The fourth-order valence-electron chi connectivity index (χ4n) is 2.12. The van der Waals surface area contributed by atoms with Crippen molar-refractivity contribution in [1.29, 1.82) is 0 Å². The first kappa shape index (κ1) is 17.6. The van der Waals surface area contributed by atoms with Gasteiger partial charge in [0.25, 0.3) is 0 Å². The van der Waals surface area contributed by atoms with Crippen LogP contribution < -0.4 is 24.7 Å². The molecule has 2 aromatic carbocycles. The van der Waals surface area contributed by atoms with Crippen LogP contribution in [-0.2, 0) is 10.3 Å². The van der Waals surface area contributed by atoms with Crippen molar-refractivity contribution in [1.82, 2.24) is 0 Å². The molecule has 0 spiro atoms. The van der Waals surface area contributed by atoms with Crippen molar-refractivity contribution in [3.63, 3.8) is 0 Å². The number of nitrogens with two attached hydrogens (primary N) is 2. The van der Waals surface area contributed by atoms with Gasteiger partial charge in [0.2, 0.25) is 0 Å². The smallest absolute Gasteiger partial charge is 0.380 e. The van der Waals surface area contributed by atoms with Crippen molar-refractivity contribution in [3.05, 3.63) is 48.5 Å². The van der Waals surface area contributed by atoms with Gasteiger partial charge < -0.3 is 14.7 Å². The number of carbonyl (C=O) groups excluding carboxylic acids is 1. The number of carbonyl (C=O) groups is 1. The van der Waals surface area contributed by atoms with Gasteiger partial charge in [0.05, 0.1) is 18.0 Å². The Labute approximate surface area is 139 Å². The molecule has 0 saturated heterocycles. The van der Waals surface area contributed by atoms with Crippen LogP contribution in [0.4, 0.5) is 16.2 Å². The second-order valence-electron chi connectivity index (χ2n) is 4.62. The summed E-state index contributed by atoms with van der Waals surface area (Å²) >= 11 is 0. The van der Waals surface area contributed by atoms with Gasteiger partial charge in [-0.15, -0.1) is 0 Å². The van der Waals surface area contributed by atoms with Gasteiger partial charge in [-0.3, -0.25) is 4.90 Å². The van der Waals surface area contributed by atoms with Crippen LogP contribution in [0.1, 0.15) is 6.92 Å². The molecule has 0 saturated carbocycles. The van der Waals surface area contributed by atoms with Gasteiger partial charge in [0, 0.05) is 0 Å². The predicted molar refractivity (Wildman–Crippen MR) is 89.5 cm³/mol. The molecule has 0 unspecified atom stereocenters. The van der Waals surface area contributed by atoms with E-state index in [0.29, 0.717) is 18.0 Å². The molecular formula is C15H17N3O5S. The normalized spacial score (nSPS) is 10.9. The van der Waals surface area contributed by atoms with Crippen molar-refractivity contribution in [2.45, 2.75) is 6.92 Å². The lowest BCUT2D eigenvalue weighted by molar-refractivity contribution is 0.255. The summed E-state index contributed by atoms with van der Waals surface area (Å²) in [6, 6.07) is 11.8. The number of para-hydroxylation sites is 4. The molecule has 0 aliphatic heterocycles. The van der Waals surface area contributed by atoms with Crippen molar-refractivity contribution in [2.24, 2.45) is 10.9 Å². The van der Waals surface area contributed by atoms with Crippen LogP contribution in [0.5, 0.6) is 11.5 Å². The number of rotatable bonds is 6. The number of benzene rings is 2. The van der Waals surface area contributed by atoms with E-state index < -0.39 is 16.3 Å². The summed E-state index contributed by atoms with van der Waals surface area (Å²) in [6.07, 6.45) is 0. The number of hydrogen-bond donors (Lipinski definition) is 2. The van der Waals surface area contributed by atoms with E-state index in [2.05, 4.69) is 0 Å². The third-order valence-electron chi connectivity index (χ3n) is 2.94. The zero-order valence-electron chi connectivity index (χ0n) is 12.9. The average molecular weight is 351 g/mol. The summed E-state index contributed by atoms with van der Waals surface area (Å²) in [6.45, 7) is 2.17. The van der Waals surface area contributed by atoms with Gasteiger partial charge >= 0.3 is 16.3 Å². The monoisotopic (exact) mass is 351 g/mol. The maximum Gasteiger partial charge on any atom is 0.380 e. The molecule has 4 N–H and O–H groups in total. The van der Waals surface area contributed by atoms with Crippen LogP contribution in [0.3, 0.4) is 0 Å². The van der Waals surface area contributed by atoms with E-state index in [1.54, 1.807) is 37.3 Å². The number of hydrogen-bond acceptors (Lipinski definition) is 5. The lowest BCUT2D eigenvalue weighted by Crippen LogP contribution is -2.32. The second kappa shape index (κ2) is 7.20. The van der Waals surface area contributed by atoms with Gasteiger partial charge in [-0.1, -0.05) is 24.3 Å². The fourth-order valence-corrected chi connectivity index (χ4v) is 2.52. The Bertz CT molecular complexity index is 839. The molecule has 128 valence electrons. The largest absolute Gasteiger partial charge is 0.492 e. The highest BCUT2D eigenvalue weighted by Gasteiger charge is 2.23. The number of amides is 2. The highest BCUT2D eigenvalue weighted by Crippen LogP contribution is 2.38. The molecule has 0 atom stereocenters. The first-order valence-corrected chi connectivity index (χ1v) is 8.43. The van der Waals surface area contributed by atoms with Crippen LogP contribution in [0.2, 0.25) is 0 Å². The van der Waals surface area contributed by atoms with Crippen LogP contribution in [-0.4, -0.2) is 21.1 Å². The Morgan fingerprint density at radius 3 is 2.04 bits per heavy atom. The van der Waals surface area contributed by atoms with Crippen molar-refractivity contribution in [3.8, 4) is 11.5 Å². The third kappa shape index (κ3) is 4.15. The molecule has 0 aromatic heterocycles. The molecule has 9 heteroatoms. The Balaban J connectivity index is 2.60. The van der Waals surface area contributed by atoms with Gasteiger partial charge in [0.15, 0.2) is 5.75 Å². The summed E-state index contributed by atoms with van der Waals surface area (Å²) in [7, 11) is -4.27. The van der Waals surface area contributed by atoms with Crippen LogP contribution in [0.25, 0.3) is 0 Å². The van der Waals surface area contributed by atoms with Crippen molar-refractivity contribution >= 4 is 27.7 Å². The molecule has 0 aliphatic rings. The number of anilines is 2. The molecule has 8 nitrogen and oxygen atoms in total. The molecule has 2 amide bonds. The average Bonchev–Trinajstić information content (AvgIpc) is 2.49. The Morgan fingerprint density at radius 2 is 1.54 bits per heavy atom. The topological polar surface area (TPSA) is 125 Å². The van der Waals surface area contributed by atoms with Crippen molar-refractivity contribution < 1.29 is 22.1 Å². The Hall–Kier alpha value is -2.78. The van der Waals surface area contributed by atoms with E-state index in [-0.39, 0.29) is 11.4 Å². The summed E-state index contributed by atoms with van der Waals surface area (Å²) < 4.78 is 32.7. The summed E-state index contributed by atoms with van der Waals surface area (Å²) in [5.41, 5.74) is 5.96. The van der Waals surface area contributed by atoms with E-state index in [0.717, 1.165) is 4.90 Å². The van der Waals surface area contributed by atoms with E-state index in [4.69, 9.17) is 19.8 Å². The molecule has 0 radical (unpaired) electrons. The van der Waals surface area contributed by atoms with Gasteiger partial charge in [-0.25, -0.2) is 4.79 Å². The van der Waals surface area contributed by atoms with Crippen LogP contribution in [0.15, 0.2) is 48.5 Å². The lowest BCUT2D eigenvalue weighted by atomic mass is 10.2. The van der Waals surface area contributed by atoms with Gasteiger partial charge in [0.1, 0.15) is 5.75 Å². The molecule has 2 rings (SSSR count). The summed E-state index contributed by atoms with van der Waals surface area (Å²) in [5, 5.41) is 4.92. The first-order chi connectivity index (χ1) is 11.3. The van der Waals surface area contributed by atoms with Crippen molar-refractivity contribution in [2.75, 3.05) is 11.5 Å². The number of urea groups is 1. The van der Waals surface area contributed by atoms with Gasteiger partial charge in [-0.05, 0) is 31.2 Å². The van der Waals surface area contributed by atoms with Crippen LogP contribution in [0, 0.1) is 0 Å². The van der Waals surface area contributed by atoms with E-state index in [1.807, 2.05) is 0 Å². The minimum absolute atomic E-state index is 0.117. The van der Waals surface area contributed by atoms with E-state index in [1.165, 1.54) is 18.2 Å². The lowest BCUT2D eigenvalue weighted by Gasteiger charge is -2.24. The Morgan fingerprint density at radius 1 is 1.04 bits per heavy atom. The minimum atomic E-state index is -4.27. The zero-order valence-corrected chi connectivity index (χ0v) is 13.7. The predicted octanol–water partition coefficient (Wildman–Crippen LogP) is 1.88. The van der Waals surface area contributed by atoms with E-state index >= 15 is 0 Å². The standard InChI is InChI=1S/C15H17N3O5S/c1-2-22-13-9-5-3-7-11(13)18(15(16)19)12-8-4-6-10-14(12)23-24(17,20)21/h3-10H,2H2,1H3,(H2,16,19)(H2,17,20,21). The zero-order chi connectivity index (χ0) is 17.7. The number of ether oxygens (including phenoxy) is 1. The first-order valence-electron chi connectivity index (χ1n) is 6.96. The molecule has 2 aromatic rings. The highest BCUT2D eigenvalue weighted by atomic mass is 32.2. The quantitative estimate of drug-likeness (QED) is 0.822.